The Morgan fingerprint density at radius 1 is 1.20 bits per heavy atom. The van der Waals surface area contributed by atoms with Gasteiger partial charge in [-0.3, -0.25) is 9.59 Å². The first-order chi connectivity index (χ1) is 14.1. The number of fused-ring (bicyclic) bond motifs is 1. The summed E-state index contributed by atoms with van der Waals surface area (Å²) in [4.78, 5) is 24.8. The zero-order valence-corrected chi connectivity index (χ0v) is 18.4. The second kappa shape index (κ2) is 7.56. The summed E-state index contributed by atoms with van der Waals surface area (Å²) in [7, 11) is 0. The molecule has 2 aliphatic rings. The van der Waals surface area contributed by atoms with E-state index in [1.54, 1.807) is 6.07 Å². The van der Waals surface area contributed by atoms with E-state index in [0.29, 0.717) is 18.0 Å². The number of Topliss-reactive ketones (excluding diaryl/α,β-unsaturated/α-hetero) is 1. The average molecular weight is 409 g/mol. The lowest BCUT2D eigenvalue weighted by molar-refractivity contribution is 0.0909. The van der Waals surface area contributed by atoms with Gasteiger partial charge in [0.05, 0.1) is 28.2 Å². The third-order valence-electron chi connectivity index (χ3n) is 6.61. The smallest absolute Gasteiger partial charge is 0.250 e. The lowest BCUT2D eigenvalue weighted by Crippen LogP contribution is -2.28. The molecule has 1 saturated carbocycles. The predicted octanol–water partition coefficient (Wildman–Crippen LogP) is 4.43. The number of hydrogen-bond donors (Lipinski definition) is 2. The first-order valence-electron chi connectivity index (χ1n) is 11.0. The number of ketones is 1. The molecule has 0 atom stereocenters. The normalized spacial score (nSPS) is 23.1. The quantitative estimate of drug-likeness (QED) is 0.783. The topological polar surface area (TPSA) is 90.0 Å². The maximum Gasteiger partial charge on any atom is 0.250 e. The predicted molar refractivity (Wildman–Crippen MR) is 118 cm³/mol. The van der Waals surface area contributed by atoms with Crippen LogP contribution in [-0.4, -0.2) is 27.5 Å². The van der Waals surface area contributed by atoms with E-state index in [-0.39, 0.29) is 11.2 Å². The summed E-state index contributed by atoms with van der Waals surface area (Å²) >= 11 is 0. The van der Waals surface area contributed by atoms with Crippen LogP contribution in [0.2, 0.25) is 0 Å². The van der Waals surface area contributed by atoms with Gasteiger partial charge in [0, 0.05) is 18.2 Å². The average Bonchev–Trinajstić information content (AvgIpc) is 2.98. The van der Waals surface area contributed by atoms with E-state index in [9.17, 15) is 9.59 Å². The third-order valence-corrected chi connectivity index (χ3v) is 6.61. The van der Waals surface area contributed by atoms with E-state index in [4.69, 9.17) is 10.8 Å². The summed E-state index contributed by atoms with van der Waals surface area (Å²) in [5, 5.41) is 8.27. The van der Waals surface area contributed by atoms with Crippen molar-refractivity contribution in [3.8, 4) is 5.69 Å². The van der Waals surface area contributed by atoms with Gasteiger partial charge in [-0.1, -0.05) is 20.8 Å². The molecule has 1 amide bonds. The van der Waals surface area contributed by atoms with Crippen molar-refractivity contribution in [2.75, 3.05) is 5.32 Å². The number of primary amides is 1. The Kier molecular flexibility index (Phi) is 5.20. The van der Waals surface area contributed by atoms with Crippen molar-refractivity contribution < 1.29 is 9.59 Å². The molecule has 1 heterocycles. The largest absolute Gasteiger partial charge is 0.382 e. The minimum Gasteiger partial charge on any atom is -0.382 e. The van der Waals surface area contributed by atoms with E-state index >= 15 is 0 Å². The fourth-order valence-electron chi connectivity index (χ4n) is 4.98. The van der Waals surface area contributed by atoms with Crippen molar-refractivity contribution in [1.29, 1.82) is 0 Å². The Morgan fingerprint density at radius 2 is 1.90 bits per heavy atom. The van der Waals surface area contributed by atoms with Crippen LogP contribution in [0.4, 0.5) is 5.69 Å². The summed E-state index contributed by atoms with van der Waals surface area (Å²) in [6, 6.07) is 5.93. The SMILES string of the molecule is Cc1nn(-c2ccc(C(N)=O)c(NC3CCC(C)CC3)c2)c2c1C(=O)CC(C)(C)C2. The van der Waals surface area contributed by atoms with Crippen LogP contribution in [0.1, 0.15) is 85.0 Å². The van der Waals surface area contributed by atoms with Gasteiger partial charge in [0.25, 0.3) is 5.91 Å². The molecule has 0 spiro atoms. The maximum absolute atomic E-state index is 12.7. The number of benzene rings is 1. The molecule has 2 aliphatic carbocycles. The van der Waals surface area contributed by atoms with E-state index < -0.39 is 5.91 Å². The highest BCUT2D eigenvalue weighted by Gasteiger charge is 2.35. The van der Waals surface area contributed by atoms with Crippen LogP contribution in [0.25, 0.3) is 5.69 Å². The summed E-state index contributed by atoms with van der Waals surface area (Å²) in [5.41, 5.74) is 10.1. The highest BCUT2D eigenvalue weighted by Crippen LogP contribution is 2.37. The minimum atomic E-state index is -0.441. The lowest BCUT2D eigenvalue weighted by atomic mass is 9.75. The number of hydrogen-bond acceptors (Lipinski definition) is 4. The Balaban J connectivity index is 1.73. The number of aryl methyl sites for hydroxylation is 1. The molecule has 6 nitrogen and oxygen atoms in total. The molecule has 1 fully saturated rings. The van der Waals surface area contributed by atoms with Crippen LogP contribution in [0.3, 0.4) is 0 Å². The molecule has 0 bridgehead atoms. The molecule has 1 aromatic carbocycles. The van der Waals surface area contributed by atoms with Crippen molar-refractivity contribution in [3.63, 3.8) is 0 Å². The number of nitrogens with zero attached hydrogens (tertiary/aromatic N) is 2. The zero-order valence-electron chi connectivity index (χ0n) is 18.4. The highest BCUT2D eigenvalue weighted by atomic mass is 16.1. The second-order valence-corrected chi connectivity index (χ2v) is 9.96. The second-order valence-electron chi connectivity index (χ2n) is 9.96. The van der Waals surface area contributed by atoms with Gasteiger partial charge in [0.1, 0.15) is 0 Å². The number of carbonyl (C=O) groups excluding carboxylic acids is 2. The van der Waals surface area contributed by atoms with Crippen LogP contribution in [0, 0.1) is 18.3 Å². The molecule has 0 unspecified atom stereocenters. The molecule has 6 heteroatoms. The van der Waals surface area contributed by atoms with Crippen molar-refractivity contribution >= 4 is 17.4 Å². The number of nitrogens with two attached hydrogens (primary N) is 1. The van der Waals surface area contributed by atoms with Gasteiger partial charge in [-0.15, -0.1) is 0 Å². The molecule has 4 rings (SSSR count). The number of rotatable bonds is 4. The van der Waals surface area contributed by atoms with E-state index in [2.05, 4.69) is 26.1 Å². The van der Waals surface area contributed by atoms with Gasteiger partial charge in [0.2, 0.25) is 0 Å². The first kappa shape index (κ1) is 20.6. The molecule has 0 radical (unpaired) electrons. The van der Waals surface area contributed by atoms with Gasteiger partial charge < -0.3 is 11.1 Å². The number of aromatic nitrogens is 2. The van der Waals surface area contributed by atoms with Gasteiger partial charge in [-0.25, -0.2) is 4.68 Å². The number of carbonyl (C=O) groups is 2. The van der Waals surface area contributed by atoms with Crippen LogP contribution in [-0.2, 0) is 6.42 Å². The highest BCUT2D eigenvalue weighted by molar-refractivity contribution is 6.00. The summed E-state index contributed by atoms with van der Waals surface area (Å²) < 4.78 is 1.88. The molecule has 0 saturated heterocycles. The van der Waals surface area contributed by atoms with Crippen LogP contribution in [0.15, 0.2) is 18.2 Å². The van der Waals surface area contributed by atoms with Crippen molar-refractivity contribution in [2.45, 2.75) is 72.3 Å². The van der Waals surface area contributed by atoms with Crippen LogP contribution >= 0.6 is 0 Å². The van der Waals surface area contributed by atoms with E-state index in [1.165, 1.54) is 12.8 Å². The Morgan fingerprint density at radius 3 is 2.57 bits per heavy atom. The molecule has 30 heavy (non-hydrogen) atoms. The molecular weight excluding hydrogens is 376 g/mol. The monoisotopic (exact) mass is 408 g/mol. The molecule has 1 aromatic heterocycles. The standard InChI is InChI=1S/C24H32N4O2/c1-14-5-7-16(8-6-14)26-19-11-17(9-10-18(19)23(25)30)28-20-12-24(3,4)13-21(29)22(20)15(2)27-28/h9-11,14,16,26H,5-8,12-13H2,1-4H3,(H2,25,30). The van der Waals surface area contributed by atoms with Crippen molar-refractivity contribution in [3.05, 3.63) is 40.7 Å². The van der Waals surface area contributed by atoms with Gasteiger partial charge in [-0.2, -0.15) is 5.10 Å². The molecule has 3 N–H and O–H groups in total. The van der Waals surface area contributed by atoms with Crippen molar-refractivity contribution in [2.24, 2.45) is 17.1 Å². The molecule has 2 aromatic rings. The van der Waals surface area contributed by atoms with Crippen LogP contribution in [0.5, 0.6) is 0 Å². The fourth-order valence-corrected chi connectivity index (χ4v) is 4.98. The summed E-state index contributed by atoms with van der Waals surface area (Å²) in [6.07, 6.45) is 5.87. The van der Waals surface area contributed by atoms with E-state index in [1.807, 2.05) is 23.7 Å². The zero-order chi connectivity index (χ0) is 21.6. The van der Waals surface area contributed by atoms with E-state index in [0.717, 1.165) is 53.5 Å². The molecular formula is C24H32N4O2. The number of anilines is 1. The number of nitrogens with one attached hydrogen (secondary N) is 1. The van der Waals surface area contributed by atoms with Crippen molar-refractivity contribution in [1.82, 2.24) is 9.78 Å². The van der Waals surface area contributed by atoms with Gasteiger partial charge in [0.15, 0.2) is 5.78 Å². The third kappa shape index (κ3) is 3.87. The molecule has 0 aliphatic heterocycles. The summed E-state index contributed by atoms with van der Waals surface area (Å²) in [6.45, 7) is 8.42. The van der Waals surface area contributed by atoms with Gasteiger partial charge >= 0.3 is 0 Å². The lowest BCUT2D eigenvalue weighted by Gasteiger charge is -2.29. The minimum absolute atomic E-state index is 0.0959. The number of amides is 1. The Labute approximate surface area is 178 Å². The first-order valence-corrected chi connectivity index (χ1v) is 11.0. The molecule has 160 valence electrons. The van der Waals surface area contributed by atoms with Crippen LogP contribution < -0.4 is 11.1 Å². The Bertz CT molecular complexity index is 997. The summed E-state index contributed by atoms with van der Waals surface area (Å²) in [5.74, 6) is 0.473. The maximum atomic E-state index is 12.7. The van der Waals surface area contributed by atoms with Gasteiger partial charge in [-0.05, 0) is 68.6 Å². The Hall–Kier alpha value is -2.63. The fraction of sp³-hybridized carbons (Fsp3) is 0.542.